The smallest absolute Gasteiger partial charge is 0.193 e. The van der Waals surface area contributed by atoms with Crippen LogP contribution < -0.4 is 5.32 Å². The average Bonchev–Trinajstić information content (AvgIpc) is 3.09. The number of likely N-dealkylation sites (tertiary alicyclic amines) is 1. The number of aromatic nitrogens is 1. The van der Waals surface area contributed by atoms with Crippen molar-refractivity contribution in [1.82, 2.24) is 15.2 Å². The van der Waals surface area contributed by atoms with E-state index in [1.807, 2.05) is 17.5 Å². The number of hydrogen-bond donors (Lipinski definition) is 1. The van der Waals surface area contributed by atoms with Crippen molar-refractivity contribution < 1.29 is 0 Å². The van der Waals surface area contributed by atoms with Crippen LogP contribution in [-0.2, 0) is 12.8 Å². The fourth-order valence-corrected chi connectivity index (χ4v) is 3.09. The van der Waals surface area contributed by atoms with Crippen LogP contribution in [0.5, 0.6) is 0 Å². The van der Waals surface area contributed by atoms with Crippen LogP contribution in [0.2, 0.25) is 0 Å². The molecule has 0 aliphatic carbocycles. The Labute approximate surface area is 143 Å². The zero-order valence-corrected chi connectivity index (χ0v) is 15.5. The van der Waals surface area contributed by atoms with Gasteiger partial charge in [0.1, 0.15) is 0 Å². The Morgan fingerprint density at radius 3 is 2.75 bits per heavy atom. The molecular weight excluding hydrogens is 383 g/mol. The van der Waals surface area contributed by atoms with E-state index in [-0.39, 0.29) is 24.0 Å². The third kappa shape index (κ3) is 5.20. The highest BCUT2D eigenvalue weighted by Crippen LogP contribution is 2.14. The van der Waals surface area contributed by atoms with Gasteiger partial charge >= 0.3 is 0 Å². The van der Waals surface area contributed by atoms with Gasteiger partial charge in [0.25, 0.3) is 0 Å². The third-order valence-corrected chi connectivity index (χ3v) is 4.48. The Morgan fingerprint density at radius 1 is 1.40 bits per heavy atom. The van der Waals surface area contributed by atoms with Gasteiger partial charge < -0.3 is 10.2 Å². The Kier molecular flexibility index (Phi) is 8.44. The highest BCUT2D eigenvalue weighted by molar-refractivity contribution is 14.0. The van der Waals surface area contributed by atoms with E-state index in [1.54, 1.807) is 0 Å². The van der Waals surface area contributed by atoms with E-state index >= 15 is 0 Å². The normalized spacial score (nSPS) is 15.3. The van der Waals surface area contributed by atoms with Gasteiger partial charge in [0.15, 0.2) is 5.96 Å². The van der Waals surface area contributed by atoms with Gasteiger partial charge in [-0.05, 0) is 26.2 Å². The number of halogens is 1. The quantitative estimate of drug-likeness (QED) is 0.463. The molecule has 1 saturated heterocycles. The van der Waals surface area contributed by atoms with E-state index in [1.165, 1.54) is 22.7 Å². The van der Waals surface area contributed by atoms with Crippen molar-refractivity contribution in [2.24, 2.45) is 4.99 Å². The van der Waals surface area contributed by atoms with Crippen molar-refractivity contribution in [1.29, 1.82) is 0 Å². The SMILES string of the molecule is CCNC(=NCCc1ncc(CC)s1)N1CCCC1.I. The molecule has 2 heterocycles. The van der Waals surface area contributed by atoms with Crippen molar-refractivity contribution in [2.45, 2.75) is 39.5 Å². The molecule has 6 heteroatoms. The van der Waals surface area contributed by atoms with Crippen LogP contribution >= 0.6 is 35.3 Å². The van der Waals surface area contributed by atoms with E-state index in [4.69, 9.17) is 4.99 Å². The molecule has 0 unspecified atom stereocenters. The molecule has 1 aromatic rings. The Balaban J connectivity index is 0.00000200. The zero-order valence-electron chi connectivity index (χ0n) is 12.4. The van der Waals surface area contributed by atoms with Crippen LogP contribution in [0.25, 0.3) is 0 Å². The molecule has 1 aliphatic heterocycles. The Morgan fingerprint density at radius 2 is 2.15 bits per heavy atom. The molecule has 1 N–H and O–H groups in total. The van der Waals surface area contributed by atoms with E-state index in [0.717, 1.165) is 45.0 Å². The molecule has 0 amide bonds. The molecule has 0 radical (unpaired) electrons. The first-order chi connectivity index (χ1) is 9.33. The number of thiazole rings is 1. The maximum absolute atomic E-state index is 4.72. The number of aliphatic imine (C=N–C) groups is 1. The maximum Gasteiger partial charge on any atom is 0.193 e. The highest BCUT2D eigenvalue weighted by atomic mass is 127. The molecule has 4 nitrogen and oxygen atoms in total. The van der Waals surface area contributed by atoms with Gasteiger partial charge in [0.2, 0.25) is 0 Å². The molecule has 0 spiro atoms. The summed E-state index contributed by atoms with van der Waals surface area (Å²) >= 11 is 1.82. The molecule has 0 bridgehead atoms. The molecule has 1 aliphatic rings. The summed E-state index contributed by atoms with van der Waals surface area (Å²) in [5.41, 5.74) is 0. The lowest BCUT2D eigenvalue weighted by molar-refractivity contribution is 0.494. The Hall–Kier alpha value is -0.370. The van der Waals surface area contributed by atoms with E-state index in [9.17, 15) is 0 Å². The number of hydrogen-bond acceptors (Lipinski definition) is 3. The van der Waals surface area contributed by atoms with Crippen LogP contribution in [0.1, 0.15) is 36.6 Å². The molecule has 20 heavy (non-hydrogen) atoms. The predicted molar refractivity (Wildman–Crippen MR) is 97.4 cm³/mol. The third-order valence-electron chi connectivity index (χ3n) is 3.28. The minimum absolute atomic E-state index is 0. The van der Waals surface area contributed by atoms with Gasteiger partial charge in [-0.25, -0.2) is 4.98 Å². The second kappa shape index (κ2) is 9.55. The van der Waals surface area contributed by atoms with Crippen molar-refractivity contribution in [3.63, 3.8) is 0 Å². The molecule has 114 valence electrons. The van der Waals surface area contributed by atoms with E-state index in [0.29, 0.717) is 0 Å². The first-order valence-electron chi connectivity index (χ1n) is 7.30. The minimum Gasteiger partial charge on any atom is -0.357 e. The standard InChI is InChI=1S/C14H24N4S.HI/c1-3-12-11-17-13(19-12)7-8-16-14(15-4-2)18-9-5-6-10-18;/h11H,3-10H2,1-2H3,(H,15,16);1H. The predicted octanol–water partition coefficient (Wildman–Crippen LogP) is 2.93. The molecule has 0 saturated carbocycles. The van der Waals surface area contributed by atoms with Gasteiger partial charge in [0.05, 0.1) is 5.01 Å². The lowest BCUT2D eigenvalue weighted by atomic mass is 10.4. The van der Waals surface area contributed by atoms with Crippen LogP contribution in [0, 0.1) is 0 Å². The topological polar surface area (TPSA) is 40.5 Å². The van der Waals surface area contributed by atoms with Gasteiger partial charge in [-0.15, -0.1) is 35.3 Å². The molecule has 1 aromatic heterocycles. The molecule has 2 rings (SSSR count). The molecule has 1 fully saturated rings. The highest BCUT2D eigenvalue weighted by Gasteiger charge is 2.15. The van der Waals surface area contributed by atoms with Crippen LogP contribution in [0.3, 0.4) is 0 Å². The van der Waals surface area contributed by atoms with Crippen molar-refractivity contribution in [3.8, 4) is 0 Å². The summed E-state index contributed by atoms with van der Waals surface area (Å²) in [4.78, 5) is 12.9. The number of nitrogens with one attached hydrogen (secondary N) is 1. The fourth-order valence-electron chi connectivity index (χ4n) is 2.24. The summed E-state index contributed by atoms with van der Waals surface area (Å²) in [7, 11) is 0. The van der Waals surface area contributed by atoms with Crippen LogP contribution in [0.15, 0.2) is 11.2 Å². The maximum atomic E-state index is 4.72. The van der Waals surface area contributed by atoms with Crippen LogP contribution in [-0.4, -0.2) is 42.0 Å². The number of nitrogens with zero attached hydrogens (tertiary/aromatic N) is 3. The van der Waals surface area contributed by atoms with Crippen molar-refractivity contribution in [2.75, 3.05) is 26.2 Å². The number of guanidine groups is 1. The summed E-state index contributed by atoms with van der Waals surface area (Å²) < 4.78 is 0. The van der Waals surface area contributed by atoms with Gasteiger partial charge in [-0.1, -0.05) is 6.92 Å². The second-order valence-electron chi connectivity index (χ2n) is 4.75. The second-order valence-corrected chi connectivity index (χ2v) is 5.95. The lowest BCUT2D eigenvalue weighted by Gasteiger charge is -2.20. The summed E-state index contributed by atoms with van der Waals surface area (Å²) in [6, 6.07) is 0. The fraction of sp³-hybridized carbons (Fsp3) is 0.714. The zero-order chi connectivity index (χ0) is 13.5. The Bertz CT molecular complexity index is 413. The van der Waals surface area contributed by atoms with Gasteiger partial charge in [-0.2, -0.15) is 0 Å². The van der Waals surface area contributed by atoms with Crippen LogP contribution in [0.4, 0.5) is 0 Å². The first kappa shape index (κ1) is 17.7. The van der Waals surface area contributed by atoms with E-state index in [2.05, 4.69) is 29.0 Å². The molecule has 0 aromatic carbocycles. The monoisotopic (exact) mass is 408 g/mol. The first-order valence-corrected chi connectivity index (χ1v) is 8.12. The summed E-state index contributed by atoms with van der Waals surface area (Å²) in [5, 5.41) is 4.59. The minimum atomic E-state index is 0. The van der Waals surface area contributed by atoms with Crippen molar-refractivity contribution in [3.05, 3.63) is 16.1 Å². The number of rotatable bonds is 5. The molecular formula is C14H25IN4S. The average molecular weight is 408 g/mol. The van der Waals surface area contributed by atoms with Gasteiger partial charge in [0, 0.05) is 43.7 Å². The number of aryl methyl sites for hydroxylation is 1. The van der Waals surface area contributed by atoms with E-state index < -0.39 is 0 Å². The largest absolute Gasteiger partial charge is 0.357 e. The molecule has 0 atom stereocenters. The lowest BCUT2D eigenvalue weighted by Crippen LogP contribution is -2.39. The van der Waals surface area contributed by atoms with Gasteiger partial charge in [-0.3, -0.25) is 4.99 Å². The summed E-state index contributed by atoms with van der Waals surface area (Å²) in [6.45, 7) is 8.35. The van der Waals surface area contributed by atoms with Crippen molar-refractivity contribution >= 4 is 41.3 Å². The summed E-state index contributed by atoms with van der Waals surface area (Å²) in [5.74, 6) is 1.08. The summed E-state index contributed by atoms with van der Waals surface area (Å²) in [6.07, 6.45) is 6.60.